The zero-order valence-corrected chi connectivity index (χ0v) is 18.7. The maximum atomic E-state index is 13.1. The van der Waals surface area contributed by atoms with E-state index in [1.807, 2.05) is 18.2 Å². The van der Waals surface area contributed by atoms with Gasteiger partial charge in [-0.3, -0.25) is 9.69 Å². The standard InChI is InChI=1S/C23H27N3O5S/c27-23-3-1-2-10-26(23)19-5-7-20(8-6-19)32(28,29)25-13-11-24(12-14-25)16-18-4-9-21-22(15-18)31-17-30-21/h4-9,15H,1-3,10-14,16-17H2. The smallest absolute Gasteiger partial charge is 0.243 e. The molecule has 0 spiro atoms. The fourth-order valence-corrected chi connectivity index (χ4v) is 5.87. The number of hydrogen-bond acceptors (Lipinski definition) is 6. The van der Waals surface area contributed by atoms with E-state index in [0.717, 1.165) is 42.1 Å². The third-order valence-electron chi connectivity index (χ3n) is 6.28. The molecule has 1 amide bonds. The molecule has 0 saturated carbocycles. The van der Waals surface area contributed by atoms with Gasteiger partial charge in [-0.25, -0.2) is 8.42 Å². The second-order valence-electron chi connectivity index (χ2n) is 8.36. The Morgan fingerprint density at radius 3 is 2.34 bits per heavy atom. The number of sulfonamides is 1. The first-order chi connectivity index (χ1) is 15.5. The number of carbonyl (C=O) groups excluding carboxylic acids is 1. The molecule has 0 aromatic heterocycles. The Balaban J connectivity index is 1.20. The molecule has 32 heavy (non-hydrogen) atoms. The summed E-state index contributed by atoms with van der Waals surface area (Å²) < 4.78 is 38.6. The molecule has 0 bridgehead atoms. The van der Waals surface area contributed by atoms with Crippen molar-refractivity contribution in [2.75, 3.05) is 44.4 Å². The summed E-state index contributed by atoms with van der Waals surface area (Å²) in [5.41, 5.74) is 1.88. The van der Waals surface area contributed by atoms with Crippen molar-refractivity contribution in [2.24, 2.45) is 0 Å². The minimum absolute atomic E-state index is 0.102. The molecule has 0 unspecified atom stereocenters. The topological polar surface area (TPSA) is 79.4 Å². The highest BCUT2D eigenvalue weighted by molar-refractivity contribution is 7.89. The van der Waals surface area contributed by atoms with Crippen LogP contribution in [0.3, 0.4) is 0 Å². The summed E-state index contributed by atoms with van der Waals surface area (Å²) in [7, 11) is -3.56. The molecule has 2 saturated heterocycles. The van der Waals surface area contributed by atoms with Crippen LogP contribution in [-0.2, 0) is 21.4 Å². The average molecular weight is 458 g/mol. The molecular weight excluding hydrogens is 430 g/mol. The molecule has 2 aromatic rings. The van der Waals surface area contributed by atoms with E-state index in [2.05, 4.69) is 4.90 Å². The van der Waals surface area contributed by atoms with Gasteiger partial charge in [0.25, 0.3) is 0 Å². The number of anilines is 1. The van der Waals surface area contributed by atoms with Crippen LogP contribution in [0.1, 0.15) is 24.8 Å². The fourth-order valence-electron chi connectivity index (χ4n) is 4.45. The highest BCUT2D eigenvalue weighted by atomic mass is 32.2. The van der Waals surface area contributed by atoms with Gasteiger partial charge < -0.3 is 14.4 Å². The van der Waals surface area contributed by atoms with Crippen LogP contribution >= 0.6 is 0 Å². The van der Waals surface area contributed by atoms with E-state index < -0.39 is 10.0 Å². The molecule has 3 heterocycles. The van der Waals surface area contributed by atoms with Gasteiger partial charge in [0.1, 0.15) is 0 Å². The Morgan fingerprint density at radius 1 is 0.844 bits per heavy atom. The highest BCUT2D eigenvalue weighted by Gasteiger charge is 2.29. The first-order valence-corrected chi connectivity index (χ1v) is 12.5. The number of piperazine rings is 1. The van der Waals surface area contributed by atoms with E-state index in [1.54, 1.807) is 33.5 Å². The summed E-state index contributed by atoms with van der Waals surface area (Å²) in [5.74, 6) is 1.63. The van der Waals surface area contributed by atoms with Crippen molar-refractivity contribution in [3.63, 3.8) is 0 Å². The summed E-state index contributed by atoms with van der Waals surface area (Å²) in [6, 6.07) is 12.6. The van der Waals surface area contributed by atoms with Crippen molar-refractivity contribution in [3.05, 3.63) is 48.0 Å². The van der Waals surface area contributed by atoms with Crippen LogP contribution in [0.25, 0.3) is 0 Å². The van der Waals surface area contributed by atoms with Crippen molar-refractivity contribution >= 4 is 21.6 Å². The Hall–Kier alpha value is -2.62. The van der Waals surface area contributed by atoms with Crippen molar-refractivity contribution < 1.29 is 22.7 Å². The Kier molecular flexibility index (Phi) is 5.79. The largest absolute Gasteiger partial charge is 0.454 e. The number of benzene rings is 2. The van der Waals surface area contributed by atoms with E-state index in [-0.39, 0.29) is 17.6 Å². The van der Waals surface area contributed by atoms with Crippen LogP contribution in [0.15, 0.2) is 47.4 Å². The van der Waals surface area contributed by atoms with Crippen LogP contribution in [0.2, 0.25) is 0 Å². The molecule has 5 rings (SSSR count). The molecule has 0 atom stereocenters. The van der Waals surface area contributed by atoms with Gasteiger partial charge in [-0.05, 0) is 54.8 Å². The summed E-state index contributed by atoms with van der Waals surface area (Å²) in [5, 5.41) is 0. The quantitative estimate of drug-likeness (QED) is 0.686. The zero-order chi connectivity index (χ0) is 22.1. The highest BCUT2D eigenvalue weighted by Crippen LogP contribution is 2.33. The number of nitrogens with zero attached hydrogens (tertiary/aromatic N) is 3. The molecule has 9 heteroatoms. The van der Waals surface area contributed by atoms with Gasteiger partial charge >= 0.3 is 0 Å². The second kappa shape index (κ2) is 8.73. The molecule has 8 nitrogen and oxygen atoms in total. The lowest BCUT2D eigenvalue weighted by Crippen LogP contribution is -2.48. The molecule has 2 aromatic carbocycles. The van der Waals surface area contributed by atoms with E-state index in [4.69, 9.17) is 9.47 Å². The van der Waals surface area contributed by atoms with E-state index in [0.29, 0.717) is 39.1 Å². The number of rotatable bonds is 5. The Bertz CT molecular complexity index is 1100. The summed E-state index contributed by atoms with van der Waals surface area (Å²) in [6.07, 6.45) is 2.45. The monoisotopic (exact) mass is 457 g/mol. The number of carbonyl (C=O) groups is 1. The first-order valence-electron chi connectivity index (χ1n) is 11.0. The number of piperidine rings is 1. The van der Waals surface area contributed by atoms with Crippen LogP contribution in [0.4, 0.5) is 5.69 Å². The number of amides is 1. The van der Waals surface area contributed by atoms with Crippen molar-refractivity contribution in [1.82, 2.24) is 9.21 Å². The van der Waals surface area contributed by atoms with Crippen LogP contribution < -0.4 is 14.4 Å². The van der Waals surface area contributed by atoms with E-state index in [1.165, 1.54) is 0 Å². The average Bonchev–Trinajstić information content (AvgIpc) is 3.28. The van der Waals surface area contributed by atoms with Crippen LogP contribution in [-0.4, -0.2) is 63.0 Å². The maximum Gasteiger partial charge on any atom is 0.243 e. The van der Waals surface area contributed by atoms with Gasteiger partial charge in [0.2, 0.25) is 22.7 Å². The lowest BCUT2D eigenvalue weighted by molar-refractivity contribution is -0.119. The molecule has 170 valence electrons. The molecule has 2 fully saturated rings. The summed E-state index contributed by atoms with van der Waals surface area (Å²) in [6.45, 7) is 3.89. The maximum absolute atomic E-state index is 13.1. The molecule has 3 aliphatic rings. The lowest BCUT2D eigenvalue weighted by atomic mass is 10.1. The number of fused-ring (bicyclic) bond motifs is 1. The molecule has 0 aliphatic carbocycles. The van der Waals surface area contributed by atoms with Gasteiger partial charge in [0, 0.05) is 51.4 Å². The predicted molar refractivity (Wildman–Crippen MR) is 119 cm³/mol. The summed E-state index contributed by atoms with van der Waals surface area (Å²) >= 11 is 0. The third-order valence-corrected chi connectivity index (χ3v) is 8.20. The molecule has 3 aliphatic heterocycles. The minimum Gasteiger partial charge on any atom is -0.454 e. The second-order valence-corrected chi connectivity index (χ2v) is 10.3. The van der Waals surface area contributed by atoms with Gasteiger partial charge in [0.05, 0.1) is 4.90 Å². The fraction of sp³-hybridized carbons (Fsp3) is 0.435. The molecule has 0 radical (unpaired) electrons. The lowest BCUT2D eigenvalue weighted by Gasteiger charge is -2.34. The van der Waals surface area contributed by atoms with Gasteiger partial charge in [-0.2, -0.15) is 4.31 Å². The Labute approximate surface area is 188 Å². The first kappa shape index (κ1) is 21.2. The predicted octanol–water partition coefficient (Wildman–Crippen LogP) is 2.44. The SMILES string of the molecule is O=C1CCCCN1c1ccc(S(=O)(=O)N2CCN(Cc3ccc4c(c3)OCO4)CC2)cc1. The normalized spacial score (nSPS) is 20.0. The number of ether oxygens (including phenoxy) is 2. The van der Waals surface area contributed by atoms with Crippen LogP contribution in [0.5, 0.6) is 11.5 Å². The third kappa shape index (κ3) is 4.20. The van der Waals surface area contributed by atoms with Crippen molar-refractivity contribution in [2.45, 2.75) is 30.7 Å². The Morgan fingerprint density at radius 2 is 1.59 bits per heavy atom. The van der Waals surface area contributed by atoms with Crippen molar-refractivity contribution in [3.8, 4) is 11.5 Å². The van der Waals surface area contributed by atoms with E-state index in [9.17, 15) is 13.2 Å². The van der Waals surface area contributed by atoms with Gasteiger partial charge in [-0.1, -0.05) is 6.07 Å². The minimum atomic E-state index is -3.56. The zero-order valence-electron chi connectivity index (χ0n) is 17.9. The van der Waals surface area contributed by atoms with E-state index >= 15 is 0 Å². The molecular formula is C23H27N3O5S. The van der Waals surface area contributed by atoms with Crippen molar-refractivity contribution in [1.29, 1.82) is 0 Å². The van der Waals surface area contributed by atoms with Crippen LogP contribution in [0, 0.1) is 0 Å². The number of hydrogen-bond donors (Lipinski definition) is 0. The van der Waals surface area contributed by atoms with Gasteiger partial charge in [-0.15, -0.1) is 0 Å². The van der Waals surface area contributed by atoms with Gasteiger partial charge in [0.15, 0.2) is 11.5 Å². The molecule has 0 N–H and O–H groups in total. The summed E-state index contributed by atoms with van der Waals surface area (Å²) in [4.78, 5) is 16.4.